The molecule has 2 aromatic rings. The van der Waals surface area contributed by atoms with Gasteiger partial charge < -0.3 is 10.2 Å². The van der Waals surface area contributed by atoms with Crippen molar-refractivity contribution in [3.63, 3.8) is 0 Å². The van der Waals surface area contributed by atoms with E-state index >= 15 is 0 Å². The molecule has 6 heteroatoms. The Balaban J connectivity index is 1.84. The van der Waals surface area contributed by atoms with Gasteiger partial charge in [-0.25, -0.2) is 4.39 Å². The molecule has 1 heterocycles. The van der Waals surface area contributed by atoms with Gasteiger partial charge in [-0.05, 0) is 41.8 Å². The Hall–Kier alpha value is -2.40. The van der Waals surface area contributed by atoms with Crippen LogP contribution in [0.4, 0.5) is 4.39 Å². The molecule has 2 atom stereocenters. The van der Waals surface area contributed by atoms with Crippen molar-refractivity contribution < 1.29 is 14.0 Å². The van der Waals surface area contributed by atoms with Crippen LogP contribution in [0.25, 0.3) is 0 Å². The fourth-order valence-electron chi connectivity index (χ4n) is 3.52. The Labute approximate surface area is 169 Å². The van der Waals surface area contributed by atoms with Crippen molar-refractivity contribution in [1.29, 1.82) is 0 Å². The van der Waals surface area contributed by atoms with E-state index in [0.717, 1.165) is 5.56 Å². The molecule has 0 bridgehead atoms. The quantitative estimate of drug-likeness (QED) is 0.818. The van der Waals surface area contributed by atoms with E-state index in [2.05, 4.69) is 5.32 Å². The van der Waals surface area contributed by atoms with Crippen molar-refractivity contribution in [2.45, 2.75) is 19.8 Å². The van der Waals surface area contributed by atoms with Gasteiger partial charge in [0, 0.05) is 36.1 Å². The number of carbonyl (C=O) groups is 2. The molecule has 148 valence electrons. The second kappa shape index (κ2) is 8.74. The first-order valence-corrected chi connectivity index (χ1v) is 9.81. The highest BCUT2D eigenvalue weighted by Crippen LogP contribution is 2.34. The first-order valence-electron chi connectivity index (χ1n) is 9.43. The van der Waals surface area contributed by atoms with E-state index in [1.54, 1.807) is 41.3 Å². The van der Waals surface area contributed by atoms with Crippen LogP contribution < -0.4 is 5.32 Å². The molecule has 28 heavy (non-hydrogen) atoms. The Bertz CT molecular complexity index is 854. The van der Waals surface area contributed by atoms with Gasteiger partial charge in [-0.2, -0.15) is 0 Å². The summed E-state index contributed by atoms with van der Waals surface area (Å²) in [6.07, 6.45) is 0. The lowest BCUT2D eigenvalue weighted by atomic mass is 9.88. The summed E-state index contributed by atoms with van der Waals surface area (Å²) in [5.41, 5.74) is 1.35. The van der Waals surface area contributed by atoms with E-state index in [4.69, 9.17) is 11.6 Å². The molecule has 0 aromatic heterocycles. The molecule has 1 fully saturated rings. The van der Waals surface area contributed by atoms with Gasteiger partial charge in [-0.3, -0.25) is 9.59 Å². The predicted octanol–water partition coefficient (Wildman–Crippen LogP) is 4.11. The van der Waals surface area contributed by atoms with Crippen LogP contribution in [-0.4, -0.2) is 36.3 Å². The molecule has 3 rings (SSSR count). The average molecular weight is 403 g/mol. The Morgan fingerprint density at radius 2 is 1.89 bits per heavy atom. The van der Waals surface area contributed by atoms with Crippen LogP contribution in [-0.2, 0) is 4.79 Å². The molecular formula is C22H24ClFN2O2. The van der Waals surface area contributed by atoms with Crippen LogP contribution in [0, 0.1) is 17.7 Å². The lowest BCUT2D eigenvalue weighted by molar-refractivity contribution is -0.125. The SMILES string of the molecule is CC(C)CNC(=O)C1CN(C(=O)c2cccc(Cl)c2)CC1c1ccc(F)cc1. The van der Waals surface area contributed by atoms with Gasteiger partial charge in [0.05, 0.1) is 5.92 Å². The second-order valence-electron chi connectivity index (χ2n) is 7.62. The zero-order valence-electron chi connectivity index (χ0n) is 16.0. The topological polar surface area (TPSA) is 49.4 Å². The molecule has 0 saturated carbocycles. The fourth-order valence-corrected chi connectivity index (χ4v) is 3.71. The van der Waals surface area contributed by atoms with Gasteiger partial charge >= 0.3 is 0 Å². The number of likely N-dealkylation sites (tertiary alicyclic amines) is 1. The molecule has 2 amide bonds. The second-order valence-corrected chi connectivity index (χ2v) is 8.06. The minimum absolute atomic E-state index is 0.0792. The van der Waals surface area contributed by atoms with E-state index in [1.807, 2.05) is 13.8 Å². The van der Waals surface area contributed by atoms with Crippen molar-refractivity contribution in [2.75, 3.05) is 19.6 Å². The molecule has 2 aromatic carbocycles. The number of hydrogen-bond donors (Lipinski definition) is 1. The maximum atomic E-state index is 13.3. The third kappa shape index (κ3) is 4.71. The Morgan fingerprint density at radius 1 is 1.18 bits per heavy atom. The lowest BCUT2D eigenvalue weighted by Gasteiger charge is -2.18. The Kier molecular flexibility index (Phi) is 6.35. The van der Waals surface area contributed by atoms with Crippen LogP contribution in [0.15, 0.2) is 48.5 Å². The van der Waals surface area contributed by atoms with E-state index in [1.165, 1.54) is 12.1 Å². The van der Waals surface area contributed by atoms with Gasteiger partial charge in [0.15, 0.2) is 0 Å². The average Bonchev–Trinajstić information content (AvgIpc) is 3.11. The lowest BCUT2D eigenvalue weighted by Crippen LogP contribution is -2.37. The maximum absolute atomic E-state index is 13.3. The van der Waals surface area contributed by atoms with Crippen molar-refractivity contribution in [1.82, 2.24) is 10.2 Å². The highest BCUT2D eigenvalue weighted by atomic mass is 35.5. The summed E-state index contributed by atoms with van der Waals surface area (Å²) in [6, 6.07) is 12.9. The summed E-state index contributed by atoms with van der Waals surface area (Å²) in [5, 5.41) is 3.46. The van der Waals surface area contributed by atoms with Crippen LogP contribution in [0.2, 0.25) is 5.02 Å². The van der Waals surface area contributed by atoms with E-state index in [9.17, 15) is 14.0 Å². The normalized spacial score (nSPS) is 19.1. The van der Waals surface area contributed by atoms with Crippen molar-refractivity contribution in [2.24, 2.45) is 11.8 Å². The molecule has 1 saturated heterocycles. The minimum Gasteiger partial charge on any atom is -0.356 e. The van der Waals surface area contributed by atoms with E-state index in [-0.39, 0.29) is 29.5 Å². The zero-order valence-corrected chi connectivity index (χ0v) is 16.7. The summed E-state index contributed by atoms with van der Waals surface area (Å²) >= 11 is 6.01. The van der Waals surface area contributed by atoms with Gasteiger partial charge in [-0.1, -0.05) is 43.6 Å². The molecule has 2 unspecified atom stereocenters. The highest BCUT2D eigenvalue weighted by Gasteiger charge is 2.40. The number of amides is 2. The molecule has 1 aliphatic heterocycles. The molecule has 0 aliphatic carbocycles. The van der Waals surface area contributed by atoms with Gasteiger partial charge in [0.1, 0.15) is 5.82 Å². The fraction of sp³-hybridized carbons (Fsp3) is 0.364. The molecule has 1 N–H and O–H groups in total. The summed E-state index contributed by atoms with van der Waals surface area (Å²) < 4.78 is 13.3. The van der Waals surface area contributed by atoms with Gasteiger partial charge in [0.25, 0.3) is 5.91 Å². The van der Waals surface area contributed by atoms with Crippen molar-refractivity contribution in [3.05, 3.63) is 70.5 Å². The van der Waals surface area contributed by atoms with Crippen molar-refractivity contribution >= 4 is 23.4 Å². The van der Waals surface area contributed by atoms with Crippen LogP contribution in [0.5, 0.6) is 0 Å². The first-order chi connectivity index (χ1) is 13.3. The highest BCUT2D eigenvalue weighted by molar-refractivity contribution is 6.30. The smallest absolute Gasteiger partial charge is 0.253 e. The minimum atomic E-state index is -0.382. The monoisotopic (exact) mass is 402 g/mol. The molecule has 0 radical (unpaired) electrons. The summed E-state index contributed by atoms with van der Waals surface area (Å²) in [6.45, 7) is 5.35. The number of carbonyl (C=O) groups excluding carboxylic acids is 2. The first kappa shape index (κ1) is 20.3. The Morgan fingerprint density at radius 3 is 2.54 bits per heavy atom. The maximum Gasteiger partial charge on any atom is 0.253 e. The van der Waals surface area contributed by atoms with Gasteiger partial charge in [0.2, 0.25) is 5.91 Å². The van der Waals surface area contributed by atoms with Crippen molar-refractivity contribution in [3.8, 4) is 0 Å². The number of halogens is 2. The van der Waals surface area contributed by atoms with Crippen LogP contribution in [0.3, 0.4) is 0 Å². The summed E-state index contributed by atoms with van der Waals surface area (Å²) in [7, 11) is 0. The zero-order chi connectivity index (χ0) is 20.3. The molecule has 1 aliphatic rings. The number of rotatable bonds is 5. The molecule has 0 spiro atoms. The standard InChI is InChI=1S/C22H24ClFN2O2/c1-14(2)11-25-21(27)20-13-26(22(28)16-4-3-5-17(23)10-16)12-19(20)15-6-8-18(24)9-7-15/h3-10,14,19-20H,11-13H2,1-2H3,(H,25,27). The van der Waals surface area contributed by atoms with Gasteiger partial charge in [-0.15, -0.1) is 0 Å². The predicted molar refractivity (Wildman–Crippen MR) is 108 cm³/mol. The number of nitrogens with zero attached hydrogens (tertiary/aromatic N) is 1. The van der Waals surface area contributed by atoms with Crippen LogP contribution >= 0.6 is 11.6 Å². The third-order valence-corrected chi connectivity index (χ3v) is 5.23. The van der Waals surface area contributed by atoms with E-state index in [0.29, 0.717) is 36.1 Å². The number of benzene rings is 2. The third-order valence-electron chi connectivity index (χ3n) is 5.00. The largest absolute Gasteiger partial charge is 0.356 e. The molecule has 4 nitrogen and oxygen atoms in total. The molecular weight excluding hydrogens is 379 g/mol. The number of nitrogens with one attached hydrogen (secondary N) is 1. The van der Waals surface area contributed by atoms with Crippen LogP contribution in [0.1, 0.15) is 35.7 Å². The summed E-state index contributed by atoms with van der Waals surface area (Å²) in [4.78, 5) is 27.4. The summed E-state index contributed by atoms with van der Waals surface area (Å²) in [5.74, 6) is -0.797. The van der Waals surface area contributed by atoms with E-state index < -0.39 is 0 Å². The number of hydrogen-bond acceptors (Lipinski definition) is 2.